The second kappa shape index (κ2) is 9.71. The van der Waals surface area contributed by atoms with Crippen molar-refractivity contribution in [2.45, 2.75) is 44.8 Å². The summed E-state index contributed by atoms with van der Waals surface area (Å²) in [4.78, 5) is 4.29. The summed E-state index contributed by atoms with van der Waals surface area (Å²) in [5.41, 5.74) is 0.934. The van der Waals surface area contributed by atoms with Gasteiger partial charge in [-0.25, -0.2) is 18.1 Å². The van der Waals surface area contributed by atoms with Gasteiger partial charge in [-0.3, -0.25) is 0 Å². The van der Waals surface area contributed by atoms with Crippen LogP contribution in [-0.2, 0) is 10.0 Å². The molecule has 1 aromatic carbocycles. The Morgan fingerprint density at radius 3 is 2.30 bits per heavy atom. The number of nitrogens with one attached hydrogen (secondary N) is 2. The van der Waals surface area contributed by atoms with Gasteiger partial charge in [-0.15, -0.1) is 0 Å². The minimum atomic E-state index is -3.25. The fourth-order valence-electron chi connectivity index (χ4n) is 2.24. The van der Waals surface area contributed by atoms with Gasteiger partial charge < -0.3 is 10.1 Å². The van der Waals surface area contributed by atoms with E-state index in [1.807, 2.05) is 42.5 Å². The molecule has 0 aliphatic heterocycles. The molecule has 0 aliphatic rings. The van der Waals surface area contributed by atoms with Crippen LogP contribution in [0.4, 0.5) is 5.69 Å². The van der Waals surface area contributed by atoms with E-state index in [0.29, 0.717) is 12.4 Å². The Morgan fingerprint density at radius 1 is 0.963 bits per heavy atom. The van der Waals surface area contributed by atoms with Crippen LogP contribution in [0.1, 0.15) is 40.0 Å². The minimum absolute atomic E-state index is 0.479. The predicted octanol–water partition coefficient (Wildman–Crippen LogP) is 4.17. The molecule has 0 unspecified atom stereocenters. The summed E-state index contributed by atoms with van der Waals surface area (Å²) < 4.78 is 31.4. The lowest BCUT2D eigenvalue weighted by Crippen LogP contribution is -2.39. The van der Waals surface area contributed by atoms with Crippen molar-refractivity contribution in [2.24, 2.45) is 0 Å². The van der Waals surface area contributed by atoms with E-state index in [4.69, 9.17) is 4.74 Å². The molecule has 7 heteroatoms. The number of pyridine rings is 1. The Balaban J connectivity index is 1.62. The van der Waals surface area contributed by atoms with E-state index >= 15 is 0 Å². The fourth-order valence-corrected chi connectivity index (χ4v) is 3.08. The molecule has 0 bridgehead atoms. The number of unbranched alkanes of at least 4 members (excludes halogenated alkanes) is 2. The highest BCUT2D eigenvalue weighted by atomic mass is 32.2. The fraction of sp³-hybridized carbons (Fsp3) is 0.450. The molecule has 1 aromatic heterocycles. The van der Waals surface area contributed by atoms with Crippen LogP contribution in [0.5, 0.6) is 11.6 Å². The van der Waals surface area contributed by atoms with Gasteiger partial charge in [0, 0.05) is 19.2 Å². The lowest BCUT2D eigenvalue weighted by atomic mass is 10.2. The molecule has 0 saturated carbocycles. The van der Waals surface area contributed by atoms with Crippen LogP contribution in [0.3, 0.4) is 0 Å². The van der Waals surface area contributed by atoms with E-state index in [-0.39, 0.29) is 0 Å². The zero-order valence-corrected chi connectivity index (χ0v) is 17.1. The van der Waals surface area contributed by atoms with Crippen LogP contribution in [0.25, 0.3) is 0 Å². The lowest BCUT2D eigenvalue weighted by molar-refractivity contribution is 0.463. The number of sulfonamides is 1. The highest BCUT2D eigenvalue weighted by molar-refractivity contribution is 7.90. The van der Waals surface area contributed by atoms with Crippen LogP contribution in [0.15, 0.2) is 48.7 Å². The lowest BCUT2D eigenvalue weighted by Gasteiger charge is -2.19. The first-order valence-corrected chi connectivity index (χ1v) is 10.7. The van der Waals surface area contributed by atoms with Gasteiger partial charge in [0.05, 0.1) is 16.6 Å². The van der Waals surface area contributed by atoms with Gasteiger partial charge in [-0.2, -0.15) is 0 Å². The van der Waals surface area contributed by atoms with Crippen LogP contribution in [0.2, 0.25) is 0 Å². The molecule has 0 atom stereocenters. The molecule has 0 spiro atoms. The molecule has 0 radical (unpaired) electrons. The van der Waals surface area contributed by atoms with Gasteiger partial charge in [0.1, 0.15) is 5.75 Å². The first kappa shape index (κ1) is 21.2. The molecule has 2 N–H and O–H groups in total. The first-order valence-electron chi connectivity index (χ1n) is 9.20. The van der Waals surface area contributed by atoms with Crippen molar-refractivity contribution in [1.82, 2.24) is 9.71 Å². The average molecular weight is 392 g/mol. The Morgan fingerprint density at radius 2 is 1.67 bits per heavy atom. The molecule has 0 aliphatic carbocycles. The van der Waals surface area contributed by atoms with E-state index in [0.717, 1.165) is 37.2 Å². The minimum Gasteiger partial charge on any atom is -0.439 e. The molecule has 0 saturated heterocycles. The Labute approximate surface area is 162 Å². The summed E-state index contributed by atoms with van der Waals surface area (Å²) in [6, 6.07) is 13.3. The van der Waals surface area contributed by atoms with E-state index < -0.39 is 14.8 Å². The summed E-state index contributed by atoms with van der Waals surface area (Å²) in [6.45, 7) is 6.38. The molecule has 2 rings (SSSR count). The van der Waals surface area contributed by atoms with Crippen molar-refractivity contribution in [3.8, 4) is 11.6 Å². The number of rotatable bonds is 10. The van der Waals surface area contributed by atoms with Crippen LogP contribution in [0, 0.1) is 0 Å². The van der Waals surface area contributed by atoms with Crippen molar-refractivity contribution in [2.75, 3.05) is 18.4 Å². The number of hydrogen-bond acceptors (Lipinski definition) is 5. The van der Waals surface area contributed by atoms with Gasteiger partial charge in [0.25, 0.3) is 0 Å². The number of para-hydroxylation sites is 1. The number of aromatic nitrogens is 1. The molecule has 0 amide bonds. The van der Waals surface area contributed by atoms with Gasteiger partial charge >= 0.3 is 0 Å². The largest absolute Gasteiger partial charge is 0.439 e. The number of nitrogens with zero attached hydrogens (tertiary/aromatic N) is 1. The van der Waals surface area contributed by atoms with Gasteiger partial charge in [0.15, 0.2) is 0 Å². The molecular weight excluding hydrogens is 362 g/mol. The van der Waals surface area contributed by atoms with Gasteiger partial charge in [-0.05, 0) is 51.8 Å². The maximum Gasteiger partial charge on any atom is 0.219 e. The number of benzene rings is 1. The number of hydrogen-bond donors (Lipinski definition) is 2. The molecule has 0 fully saturated rings. The third-order valence-electron chi connectivity index (χ3n) is 3.98. The predicted molar refractivity (Wildman–Crippen MR) is 110 cm³/mol. The highest BCUT2D eigenvalue weighted by Gasteiger charge is 2.27. The summed E-state index contributed by atoms with van der Waals surface area (Å²) in [6.07, 6.45) is 4.47. The van der Waals surface area contributed by atoms with E-state index in [1.165, 1.54) is 0 Å². The van der Waals surface area contributed by atoms with Crippen molar-refractivity contribution in [3.63, 3.8) is 0 Å². The standard InChI is InChI=1S/C20H29N3O3S/c1-20(2,3)27(24,25)23-15-9-5-8-14-21-17-12-13-19(22-16-17)26-18-10-6-4-7-11-18/h4,6-7,10-13,16,21,23H,5,8-9,14-15H2,1-3H3. The number of ether oxygens (including phenoxy) is 1. The second-order valence-electron chi connectivity index (χ2n) is 7.30. The van der Waals surface area contributed by atoms with Crippen LogP contribution >= 0.6 is 0 Å². The van der Waals surface area contributed by atoms with Gasteiger partial charge in [0.2, 0.25) is 15.9 Å². The summed E-state index contributed by atoms with van der Waals surface area (Å²) >= 11 is 0. The average Bonchev–Trinajstić information content (AvgIpc) is 2.62. The Hall–Kier alpha value is -2.12. The van der Waals surface area contributed by atoms with Crippen molar-refractivity contribution in [3.05, 3.63) is 48.7 Å². The van der Waals surface area contributed by atoms with Crippen LogP contribution in [-0.4, -0.2) is 31.2 Å². The second-order valence-corrected chi connectivity index (χ2v) is 9.82. The summed E-state index contributed by atoms with van der Waals surface area (Å²) in [5, 5.41) is 3.31. The Kier molecular flexibility index (Phi) is 7.62. The van der Waals surface area contributed by atoms with Crippen molar-refractivity contribution >= 4 is 15.7 Å². The van der Waals surface area contributed by atoms with Gasteiger partial charge in [-0.1, -0.05) is 24.6 Å². The van der Waals surface area contributed by atoms with Crippen molar-refractivity contribution < 1.29 is 13.2 Å². The molecule has 1 heterocycles. The smallest absolute Gasteiger partial charge is 0.219 e. The number of anilines is 1. The first-order chi connectivity index (χ1) is 12.8. The van der Waals surface area contributed by atoms with E-state index in [1.54, 1.807) is 27.0 Å². The monoisotopic (exact) mass is 391 g/mol. The summed E-state index contributed by atoms with van der Waals surface area (Å²) in [7, 11) is -3.25. The normalized spacial score (nSPS) is 12.0. The molecule has 27 heavy (non-hydrogen) atoms. The van der Waals surface area contributed by atoms with Crippen LogP contribution < -0.4 is 14.8 Å². The highest BCUT2D eigenvalue weighted by Crippen LogP contribution is 2.19. The summed E-state index contributed by atoms with van der Waals surface area (Å²) in [5.74, 6) is 1.31. The molecular formula is C20H29N3O3S. The van der Waals surface area contributed by atoms with E-state index in [9.17, 15) is 8.42 Å². The molecule has 148 valence electrons. The zero-order valence-electron chi connectivity index (χ0n) is 16.2. The molecule has 6 nitrogen and oxygen atoms in total. The van der Waals surface area contributed by atoms with E-state index in [2.05, 4.69) is 15.0 Å². The quantitative estimate of drug-likeness (QED) is 0.594. The maximum atomic E-state index is 11.9. The van der Waals surface area contributed by atoms with Crippen molar-refractivity contribution in [1.29, 1.82) is 0 Å². The molecule has 2 aromatic rings. The third kappa shape index (κ3) is 7.19. The Bertz CT molecular complexity index is 785. The maximum absolute atomic E-state index is 11.9. The third-order valence-corrected chi connectivity index (χ3v) is 6.18. The zero-order chi connectivity index (χ0) is 19.8. The SMILES string of the molecule is CC(C)(C)S(=O)(=O)NCCCCCNc1ccc(Oc2ccccc2)nc1. The topological polar surface area (TPSA) is 80.3 Å².